The van der Waals surface area contributed by atoms with E-state index in [-0.39, 0.29) is 30.4 Å². The molecule has 1 aliphatic rings. The molecule has 0 saturated heterocycles. The summed E-state index contributed by atoms with van der Waals surface area (Å²) in [4.78, 5) is 55.5. The van der Waals surface area contributed by atoms with E-state index in [1.165, 1.54) is 6.33 Å². The van der Waals surface area contributed by atoms with Crippen molar-refractivity contribution >= 4 is 29.7 Å². The number of H-pyrrole nitrogens is 1. The first kappa shape index (κ1) is 22.2. The highest BCUT2D eigenvalue weighted by atomic mass is 16.2. The Morgan fingerprint density at radius 2 is 1.94 bits per heavy atom. The molecule has 1 aliphatic carbocycles. The number of hydrogen-bond donors (Lipinski definition) is 4. The molecule has 0 spiro atoms. The van der Waals surface area contributed by atoms with E-state index in [2.05, 4.69) is 25.9 Å². The fraction of sp³-hybridized carbons (Fsp3) is 0.409. The largest absolute Gasteiger partial charge is 0.351 e. The minimum Gasteiger partial charge on any atom is -0.351 e. The van der Waals surface area contributed by atoms with Crippen molar-refractivity contribution in [3.05, 3.63) is 48.0 Å². The molecule has 1 heterocycles. The lowest BCUT2D eigenvalue weighted by atomic mass is 9.89. The Balaban J connectivity index is 1.56. The zero-order chi connectivity index (χ0) is 22.1. The van der Waals surface area contributed by atoms with Crippen LogP contribution in [0.15, 0.2) is 36.8 Å². The van der Waals surface area contributed by atoms with Crippen LogP contribution >= 0.6 is 0 Å². The number of aromatic nitrogens is 2. The average Bonchev–Trinajstić information content (AvgIpc) is 3.31. The molecule has 9 nitrogen and oxygen atoms in total. The number of aldehydes is 1. The van der Waals surface area contributed by atoms with Crippen LogP contribution in [0.25, 0.3) is 0 Å². The van der Waals surface area contributed by atoms with Crippen LogP contribution in [-0.2, 0) is 20.8 Å². The third kappa shape index (κ3) is 6.50. The number of carbonyl (C=O) groups excluding carboxylic acids is 4. The van der Waals surface area contributed by atoms with Crippen molar-refractivity contribution in [2.45, 2.75) is 44.6 Å². The number of para-hydroxylation sites is 1. The van der Waals surface area contributed by atoms with Gasteiger partial charge < -0.3 is 25.7 Å². The Morgan fingerprint density at radius 3 is 2.65 bits per heavy atom. The van der Waals surface area contributed by atoms with Gasteiger partial charge in [0.15, 0.2) is 0 Å². The van der Waals surface area contributed by atoms with Crippen LogP contribution in [-0.4, -0.2) is 46.6 Å². The van der Waals surface area contributed by atoms with E-state index in [1.54, 1.807) is 30.5 Å². The number of nitrogens with zero attached hydrogens (tertiary/aromatic N) is 1. The van der Waals surface area contributed by atoms with Crippen molar-refractivity contribution in [2.75, 3.05) is 11.9 Å². The van der Waals surface area contributed by atoms with Crippen LogP contribution in [0.5, 0.6) is 0 Å². The average molecular weight is 425 g/mol. The van der Waals surface area contributed by atoms with Crippen LogP contribution < -0.4 is 16.0 Å². The van der Waals surface area contributed by atoms with Gasteiger partial charge in [-0.3, -0.25) is 14.4 Å². The number of rotatable bonds is 9. The van der Waals surface area contributed by atoms with E-state index in [1.807, 2.05) is 0 Å². The maximum Gasteiger partial charge on any atom is 0.253 e. The molecular formula is C22H27N5O4. The minimum atomic E-state index is -0.755. The Bertz CT molecular complexity index is 906. The van der Waals surface area contributed by atoms with Crippen LogP contribution in [0.3, 0.4) is 0 Å². The zero-order valence-electron chi connectivity index (χ0n) is 17.2. The number of hydrogen-bond acceptors (Lipinski definition) is 5. The summed E-state index contributed by atoms with van der Waals surface area (Å²) in [6.07, 6.45) is 8.98. The molecule has 0 radical (unpaired) electrons. The van der Waals surface area contributed by atoms with E-state index in [9.17, 15) is 19.2 Å². The van der Waals surface area contributed by atoms with Gasteiger partial charge in [-0.05, 0) is 25.0 Å². The van der Waals surface area contributed by atoms with Gasteiger partial charge in [0.2, 0.25) is 11.8 Å². The molecule has 1 aromatic heterocycles. The van der Waals surface area contributed by atoms with E-state index in [0.717, 1.165) is 32.1 Å². The zero-order valence-corrected chi connectivity index (χ0v) is 17.2. The molecule has 31 heavy (non-hydrogen) atoms. The van der Waals surface area contributed by atoms with E-state index >= 15 is 0 Å². The summed E-state index contributed by atoms with van der Waals surface area (Å²) in [5, 5.41) is 7.99. The molecule has 0 bridgehead atoms. The number of nitrogens with one attached hydrogen (secondary N) is 4. The van der Waals surface area contributed by atoms with Crippen molar-refractivity contribution in [1.29, 1.82) is 0 Å². The normalized spacial score (nSPS) is 15.0. The lowest BCUT2D eigenvalue weighted by Crippen LogP contribution is -2.39. The Kier molecular flexibility index (Phi) is 7.91. The maximum atomic E-state index is 12.7. The molecule has 3 amide bonds. The second-order valence-electron chi connectivity index (χ2n) is 7.63. The lowest BCUT2D eigenvalue weighted by molar-refractivity contribution is -0.128. The number of imidazole rings is 1. The molecule has 1 aromatic carbocycles. The van der Waals surface area contributed by atoms with Crippen molar-refractivity contribution in [2.24, 2.45) is 5.92 Å². The summed E-state index contributed by atoms with van der Waals surface area (Å²) in [7, 11) is 0. The number of amides is 3. The van der Waals surface area contributed by atoms with Gasteiger partial charge in [-0.2, -0.15) is 0 Å². The van der Waals surface area contributed by atoms with Gasteiger partial charge in [0.25, 0.3) is 5.91 Å². The first-order valence-corrected chi connectivity index (χ1v) is 10.5. The van der Waals surface area contributed by atoms with Gasteiger partial charge >= 0.3 is 0 Å². The SMILES string of the molecule is O=C[C@H](Cc1c[nH]cn1)NC(=O)c1ccccc1NC(=O)CNC(=O)C1CCCCC1. The molecule has 1 fully saturated rings. The number of benzene rings is 1. The molecule has 0 aliphatic heterocycles. The molecule has 2 aromatic rings. The van der Waals surface area contributed by atoms with E-state index in [4.69, 9.17) is 0 Å². The predicted octanol–water partition coefficient (Wildman–Crippen LogP) is 1.58. The first-order chi connectivity index (χ1) is 15.1. The second-order valence-corrected chi connectivity index (χ2v) is 7.63. The van der Waals surface area contributed by atoms with Crippen molar-refractivity contribution in [3.8, 4) is 0 Å². The number of carbonyl (C=O) groups is 4. The van der Waals surface area contributed by atoms with Gasteiger partial charge in [0.05, 0.1) is 35.9 Å². The third-order valence-corrected chi connectivity index (χ3v) is 5.31. The summed E-state index contributed by atoms with van der Waals surface area (Å²) in [5.41, 5.74) is 1.18. The topological polar surface area (TPSA) is 133 Å². The second kappa shape index (κ2) is 11.1. The summed E-state index contributed by atoms with van der Waals surface area (Å²) in [5.74, 6) is -1.05. The maximum absolute atomic E-state index is 12.7. The van der Waals surface area contributed by atoms with Gasteiger partial charge in [-0.15, -0.1) is 0 Å². The molecule has 164 valence electrons. The van der Waals surface area contributed by atoms with Crippen LogP contribution in [0.4, 0.5) is 5.69 Å². The standard InChI is InChI=1S/C22H27N5O4/c28-13-17(10-16-11-23-14-25-16)26-22(31)18-8-4-5-9-19(18)27-20(29)12-24-21(30)15-6-2-1-3-7-15/h4-5,8-9,11,13-15,17H,1-3,6-7,10,12H2,(H,23,25)(H,24,30)(H,26,31)(H,27,29)/t17-/m0/s1. The minimum absolute atomic E-state index is 0.0330. The van der Waals surface area contributed by atoms with Gasteiger partial charge in [-0.25, -0.2) is 4.98 Å². The van der Waals surface area contributed by atoms with Gasteiger partial charge in [0, 0.05) is 18.5 Å². The molecule has 3 rings (SSSR count). The highest BCUT2D eigenvalue weighted by molar-refractivity contribution is 6.05. The fourth-order valence-electron chi connectivity index (χ4n) is 3.67. The Morgan fingerprint density at radius 1 is 1.16 bits per heavy atom. The van der Waals surface area contributed by atoms with Crippen LogP contribution in [0.2, 0.25) is 0 Å². The summed E-state index contributed by atoms with van der Waals surface area (Å²) in [6.45, 7) is -0.165. The molecule has 4 N–H and O–H groups in total. The highest BCUT2D eigenvalue weighted by Gasteiger charge is 2.22. The number of anilines is 1. The summed E-state index contributed by atoms with van der Waals surface area (Å²) >= 11 is 0. The molecule has 9 heteroatoms. The molecule has 1 saturated carbocycles. The third-order valence-electron chi connectivity index (χ3n) is 5.31. The smallest absolute Gasteiger partial charge is 0.253 e. The van der Waals surface area contributed by atoms with Gasteiger partial charge in [0.1, 0.15) is 6.29 Å². The Hall–Kier alpha value is -3.49. The first-order valence-electron chi connectivity index (χ1n) is 10.5. The molecule has 0 unspecified atom stereocenters. The van der Waals surface area contributed by atoms with E-state index < -0.39 is 17.9 Å². The predicted molar refractivity (Wildman–Crippen MR) is 114 cm³/mol. The quantitative estimate of drug-likeness (QED) is 0.453. The molecule has 1 atom stereocenters. The Labute approximate surface area is 180 Å². The highest BCUT2D eigenvalue weighted by Crippen LogP contribution is 2.23. The van der Waals surface area contributed by atoms with E-state index in [0.29, 0.717) is 17.7 Å². The number of aromatic amines is 1. The van der Waals surface area contributed by atoms with Crippen molar-refractivity contribution in [3.63, 3.8) is 0 Å². The van der Waals surface area contributed by atoms with Crippen LogP contribution in [0.1, 0.15) is 48.2 Å². The van der Waals surface area contributed by atoms with Crippen LogP contribution in [0, 0.1) is 5.92 Å². The lowest BCUT2D eigenvalue weighted by Gasteiger charge is -2.20. The van der Waals surface area contributed by atoms with Crippen molar-refractivity contribution < 1.29 is 19.2 Å². The summed E-state index contributed by atoms with van der Waals surface area (Å²) < 4.78 is 0. The van der Waals surface area contributed by atoms with Crippen molar-refractivity contribution in [1.82, 2.24) is 20.6 Å². The summed E-state index contributed by atoms with van der Waals surface area (Å²) in [6, 6.07) is 5.75. The van der Waals surface area contributed by atoms with Gasteiger partial charge in [-0.1, -0.05) is 31.4 Å². The fourth-order valence-corrected chi connectivity index (χ4v) is 3.67. The monoisotopic (exact) mass is 425 g/mol. The molecular weight excluding hydrogens is 398 g/mol.